The number of hydrogen-bond donors (Lipinski definition) is 2. The fraction of sp³-hybridized carbons (Fsp3) is 0.500. The number of rotatable bonds is 7. The van der Waals surface area contributed by atoms with E-state index in [2.05, 4.69) is 5.32 Å². The molecule has 0 saturated carbocycles. The molecule has 0 radical (unpaired) electrons. The highest BCUT2D eigenvalue weighted by Gasteiger charge is 2.28. The van der Waals surface area contributed by atoms with E-state index in [4.69, 9.17) is 0 Å². The summed E-state index contributed by atoms with van der Waals surface area (Å²) in [6.07, 6.45) is 0.815. The number of carbonyl (C=O) groups is 2. The van der Waals surface area contributed by atoms with Crippen molar-refractivity contribution in [3.63, 3.8) is 0 Å². The first kappa shape index (κ1) is 15.7. The van der Waals surface area contributed by atoms with E-state index in [1.807, 2.05) is 37.3 Å². The molecule has 1 aliphatic rings. The van der Waals surface area contributed by atoms with Gasteiger partial charge in [-0.2, -0.15) is 0 Å². The van der Waals surface area contributed by atoms with Gasteiger partial charge < -0.3 is 10.4 Å². The Labute approximate surface area is 125 Å². The quantitative estimate of drug-likeness (QED) is 0.585. The van der Waals surface area contributed by atoms with Crippen LogP contribution in [0.1, 0.15) is 37.9 Å². The molecule has 1 aromatic rings. The summed E-state index contributed by atoms with van der Waals surface area (Å²) in [5.41, 5.74) is 0.877. The minimum Gasteiger partial charge on any atom is -0.387 e. The van der Waals surface area contributed by atoms with Crippen molar-refractivity contribution in [3.05, 3.63) is 35.9 Å². The van der Waals surface area contributed by atoms with E-state index in [0.29, 0.717) is 32.4 Å². The summed E-state index contributed by atoms with van der Waals surface area (Å²) in [4.78, 5) is 24.2. The topological polar surface area (TPSA) is 69.6 Å². The van der Waals surface area contributed by atoms with Gasteiger partial charge in [-0.1, -0.05) is 30.3 Å². The van der Waals surface area contributed by atoms with Crippen LogP contribution in [-0.2, 0) is 9.59 Å². The van der Waals surface area contributed by atoms with Gasteiger partial charge in [-0.05, 0) is 25.5 Å². The first-order valence-electron chi connectivity index (χ1n) is 7.39. The molecule has 2 amide bonds. The van der Waals surface area contributed by atoms with Crippen LogP contribution in [0.2, 0.25) is 0 Å². The van der Waals surface area contributed by atoms with E-state index >= 15 is 0 Å². The van der Waals surface area contributed by atoms with Crippen molar-refractivity contribution in [1.29, 1.82) is 0 Å². The first-order chi connectivity index (χ1) is 10.1. The van der Waals surface area contributed by atoms with Gasteiger partial charge in [-0.15, -0.1) is 0 Å². The third kappa shape index (κ3) is 4.12. The minimum absolute atomic E-state index is 0.0719. The Morgan fingerprint density at radius 3 is 2.43 bits per heavy atom. The number of aliphatic hydroxyl groups is 1. The van der Waals surface area contributed by atoms with Gasteiger partial charge in [-0.3, -0.25) is 14.5 Å². The van der Waals surface area contributed by atoms with E-state index in [1.165, 1.54) is 4.90 Å². The summed E-state index contributed by atoms with van der Waals surface area (Å²) in [7, 11) is 0. The number of nitrogens with one attached hydrogen (secondary N) is 1. The Hall–Kier alpha value is -1.72. The average Bonchev–Trinajstić information content (AvgIpc) is 2.82. The van der Waals surface area contributed by atoms with Crippen molar-refractivity contribution >= 4 is 11.8 Å². The number of benzene rings is 1. The highest BCUT2D eigenvalue weighted by molar-refractivity contribution is 6.01. The molecular weight excluding hydrogens is 268 g/mol. The number of hydrogen-bond acceptors (Lipinski definition) is 4. The Kier molecular flexibility index (Phi) is 5.47. The standard InChI is InChI=1S/C16H22N2O3/c1-12(16(21)13-6-3-2-4-7-13)17-10-5-11-18-14(19)8-9-15(18)20/h2-4,6-7,12,16-17,21H,5,8-11H2,1H3. The van der Waals surface area contributed by atoms with Gasteiger partial charge in [0.05, 0.1) is 6.10 Å². The molecule has 2 N–H and O–H groups in total. The monoisotopic (exact) mass is 290 g/mol. The van der Waals surface area contributed by atoms with Crippen LogP contribution < -0.4 is 5.32 Å². The van der Waals surface area contributed by atoms with E-state index in [0.717, 1.165) is 5.56 Å². The Balaban J connectivity index is 1.71. The van der Waals surface area contributed by atoms with E-state index < -0.39 is 6.10 Å². The molecule has 114 valence electrons. The number of carbonyl (C=O) groups excluding carboxylic acids is 2. The molecule has 1 aromatic carbocycles. The van der Waals surface area contributed by atoms with Crippen LogP contribution >= 0.6 is 0 Å². The molecule has 5 heteroatoms. The third-order valence-corrected chi connectivity index (χ3v) is 3.79. The SMILES string of the molecule is CC(NCCCN1C(=O)CCC1=O)C(O)c1ccccc1. The lowest BCUT2D eigenvalue weighted by Crippen LogP contribution is -2.36. The molecule has 0 spiro atoms. The van der Waals surface area contributed by atoms with Crippen LogP contribution in [0, 0.1) is 0 Å². The Bertz CT molecular complexity index is 474. The molecule has 2 atom stereocenters. The van der Waals surface area contributed by atoms with Gasteiger partial charge in [0.25, 0.3) is 0 Å². The number of likely N-dealkylation sites (tertiary alicyclic amines) is 1. The maximum absolute atomic E-state index is 11.5. The van der Waals surface area contributed by atoms with Crippen LogP contribution in [0.25, 0.3) is 0 Å². The van der Waals surface area contributed by atoms with E-state index in [-0.39, 0.29) is 17.9 Å². The van der Waals surface area contributed by atoms with Crippen LogP contribution in [0.15, 0.2) is 30.3 Å². The van der Waals surface area contributed by atoms with E-state index in [1.54, 1.807) is 0 Å². The molecule has 1 saturated heterocycles. The summed E-state index contributed by atoms with van der Waals surface area (Å²) in [5.74, 6) is -0.144. The van der Waals surface area contributed by atoms with Crippen LogP contribution in [-0.4, -0.2) is 41.0 Å². The van der Waals surface area contributed by atoms with Crippen molar-refractivity contribution in [2.75, 3.05) is 13.1 Å². The van der Waals surface area contributed by atoms with E-state index in [9.17, 15) is 14.7 Å². The molecule has 0 aliphatic carbocycles. The summed E-state index contributed by atoms with van der Waals surface area (Å²) >= 11 is 0. The predicted molar refractivity (Wildman–Crippen MR) is 79.4 cm³/mol. The van der Waals surface area contributed by atoms with Crippen molar-refractivity contribution < 1.29 is 14.7 Å². The van der Waals surface area contributed by atoms with Crippen molar-refractivity contribution in [2.45, 2.75) is 38.3 Å². The van der Waals surface area contributed by atoms with Gasteiger partial charge in [0, 0.05) is 25.4 Å². The van der Waals surface area contributed by atoms with Gasteiger partial charge in [0.15, 0.2) is 0 Å². The molecule has 0 aromatic heterocycles. The first-order valence-corrected chi connectivity index (χ1v) is 7.39. The summed E-state index contributed by atoms with van der Waals surface area (Å²) in [5, 5.41) is 13.4. The van der Waals surface area contributed by atoms with Crippen molar-refractivity contribution in [2.24, 2.45) is 0 Å². The van der Waals surface area contributed by atoms with Crippen molar-refractivity contribution in [3.8, 4) is 0 Å². The molecule has 0 bridgehead atoms. The zero-order valence-electron chi connectivity index (χ0n) is 12.3. The molecule has 2 unspecified atom stereocenters. The second kappa shape index (κ2) is 7.33. The Morgan fingerprint density at radius 1 is 1.19 bits per heavy atom. The minimum atomic E-state index is -0.568. The molecule has 5 nitrogen and oxygen atoms in total. The maximum atomic E-state index is 11.5. The fourth-order valence-corrected chi connectivity index (χ4v) is 2.49. The summed E-state index contributed by atoms with van der Waals surface area (Å²) < 4.78 is 0. The largest absolute Gasteiger partial charge is 0.387 e. The average molecular weight is 290 g/mol. The highest BCUT2D eigenvalue weighted by Crippen LogP contribution is 2.16. The lowest BCUT2D eigenvalue weighted by atomic mass is 10.0. The molecule has 21 heavy (non-hydrogen) atoms. The maximum Gasteiger partial charge on any atom is 0.229 e. The third-order valence-electron chi connectivity index (χ3n) is 3.79. The van der Waals surface area contributed by atoms with Crippen LogP contribution in [0.3, 0.4) is 0 Å². The highest BCUT2D eigenvalue weighted by atomic mass is 16.3. The smallest absolute Gasteiger partial charge is 0.229 e. The Morgan fingerprint density at radius 2 is 1.81 bits per heavy atom. The normalized spacial score (nSPS) is 18.1. The van der Waals surface area contributed by atoms with Gasteiger partial charge in [0.1, 0.15) is 0 Å². The van der Waals surface area contributed by atoms with Gasteiger partial charge >= 0.3 is 0 Å². The van der Waals surface area contributed by atoms with Crippen LogP contribution in [0.4, 0.5) is 0 Å². The number of aliphatic hydroxyl groups excluding tert-OH is 1. The molecule has 2 rings (SSSR count). The predicted octanol–water partition coefficient (Wildman–Crippen LogP) is 1.24. The lowest BCUT2D eigenvalue weighted by molar-refractivity contribution is -0.138. The van der Waals surface area contributed by atoms with Gasteiger partial charge in [-0.25, -0.2) is 0 Å². The molecule has 1 heterocycles. The number of amides is 2. The summed E-state index contributed by atoms with van der Waals surface area (Å²) in [6, 6.07) is 9.41. The second-order valence-corrected chi connectivity index (χ2v) is 5.39. The van der Waals surface area contributed by atoms with Crippen molar-refractivity contribution in [1.82, 2.24) is 10.2 Å². The molecule has 1 aliphatic heterocycles. The zero-order chi connectivity index (χ0) is 15.2. The fourth-order valence-electron chi connectivity index (χ4n) is 2.49. The van der Waals surface area contributed by atoms with Gasteiger partial charge in [0.2, 0.25) is 11.8 Å². The summed E-state index contributed by atoms with van der Waals surface area (Å²) in [6.45, 7) is 3.03. The number of imide groups is 1. The zero-order valence-corrected chi connectivity index (χ0v) is 12.3. The number of nitrogens with zero attached hydrogens (tertiary/aromatic N) is 1. The lowest BCUT2D eigenvalue weighted by Gasteiger charge is -2.21. The molecular formula is C16H22N2O3. The molecule has 1 fully saturated rings. The van der Waals surface area contributed by atoms with Crippen LogP contribution in [0.5, 0.6) is 0 Å². The second-order valence-electron chi connectivity index (χ2n) is 5.39.